The van der Waals surface area contributed by atoms with Crippen LogP contribution in [-0.2, 0) is 0 Å². The number of rotatable bonds is 8. The zero-order chi connectivity index (χ0) is 31.9. The number of anilines is 2. The van der Waals surface area contributed by atoms with Gasteiger partial charge < -0.3 is 18.9 Å². The summed E-state index contributed by atoms with van der Waals surface area (Å²) in [7, 11) is 2.87. The Hall–Kier alpha value is -6.57. The smallest absolute Gasteiger partial charge is 0.417 e. The first-order valence-electron chi connectivity index (χ1n) is 13.2. The lowest BCUT2D eigenvalue weighted by Gasteiger charge is -2.15. The fourth-order valence-electron chi connectivity index (χ4n) is 4.32. The van der Waals surface area contributed by atoms with Gasteiger partial charge in [-0.05, 0) is 48.5 Å². The molecule has 45 heavy (non-hydrogen) atoms. The molecule has 0 aliphatic rings. The number of amides is 2. The molecule has 0 radical (unpaired) electrons. The molecule has 0 aliphatic heterocycles. The number of nitrogens with zero attached hydrogens (tertiary/aromatic N) is 2. The monoisotopic (exact) mass is 611 g/mol. The van der Waals surface area contributed by atoms with E-state index in [9.17, 15) is 24.0 Å². The highest BCUT2D eigenvalue weighted by Gasteiger charge is 2.21. The molecule has 1 aromatic heterocycles. The minimum absolute atomic E-state index is 0.153. The van der Waals surface area contributed by atoms with E-state index in [0.29, 0.717) is 32.0 Å². The molecule has 228 valence electrons. The van der Waals surface area contributed by atoms with Crippen LogP contribution in [0.1, 0.15) is 0 Å². The second kappa shape index (κ2) is 13.2. The van der Waals surface area contributed by atoms with E-state index in [1.807, 2.05) is 0 Å². The van der Waals surface area contributed by atoms with Gasteiger partial charge in [-0.25, -0.2) is 33.1 Å². The van der Waals surface area contributed by atoms with Crippen molar-refractivity contribution in [3.8, 4) is 34.4 Å². The van der Waals surface area contributed by atoms with E-state index in [4.69, 9.17) is 18.9 Å². The number of para-hydroxylation sites is 8. The Labute approximate surface area is 254 Å². The van der Waals surface area contributed by atoms with Crippen molar-refractivity contribution in [3.63, 3.8) is 0 Å². The number of benzene rings is 4. The van der Waals surface area contributed by atoms with Gasteiger partial charge in [0.05, 0.1) is 37.0 Å². The summed E-state index contributed by atoms with van der Waals surface area (Å²) in [6, 6.07) is 24.7. The molecule has 3 N–H and O–H groups in total. The average Bonchev–Trinajstić information content (AvgIpc) is 3.03. The zero-order valence-electron chi connectivity index (χ0n) is 23.8. The molecule has 2 amide bonds. The highest BCUT2D eigenvalue weighted by atomic mass is 16.6. The Bertz CT molecular complexity index is 1920. The van der Waals surface area contributed by atoms with Crippen LogP contribution >= 0.6 is 0 Å². The minimum Gasteiger partial charge on any atom is -0.495 e. The summed E-state index contributed by atoms with van der Waals surface area (Å²) in [6.45, 7) is 0. The minimum atomic E-state index is -1.13. The van der Waals surface area contributed by atoms with E-state index in [-0.39, 0.29) is 22.9 Å². The number of nitrogens with one attached hydrogen (secondary N) is 3. The lowest BCUT2D eigenvalue weighted by atomic mass is 10.3. The number of carbonyl (C=O) groups excluding carboxylic acids is 2. The van der Waals surface area contributed by atoms with Crippen molar-refractivity contribution in [2.24, 2.45) is 0 Å². The van der Waals surface area contributed by atoms with E-state index in [2.05, 4.69) is 15.6 Å². The third-order valence-corrected chi connectivity index (χ3v) is 6.31. The topological polar surface area (TPSA) is 172 Å². The van der Waals surface area contributed by atoms with E-state index in [1.54, 1.807) is 48.5 Å². The number of methoxy groups -OCH3 is 2. The third-order valence-electron chi connectivity index (χ3n) is 6.31. The zero-order valence-corrected chi connectivity index (χ0v) is 23.8. The normalized spacial score (nSPS) is 10.4. The van der Waals surface area contributed by atoms with Crippen molar-refractivity contribution in [1.82, 2.24) is 14.1 Å². The molecule has 0 aliphatic carbocycles. The first-order chi connectivity index (χ1) is 21.8. The standard InChI is InChI=1S/C31H25N5O9/c1-42-23-15-7-3-11-19(23)32-29(39)44-25-17-9-5-13-21(25)35-27(37)34-28(38)36(31(35)41)22-14-6-10-18-26(22)45-30(40)33-20-12-4-8-16-24(20)43-2/h3-18H,1-2H3,(H,32,39)(H,33,40)(H,34,37,38). The predicted octanol–water partition coefficient (Wildman–Crippen LogP) is 3.92. The number of hydrogen-bond acceptors (Lipinski definition) is 9. The maximum Gasteiger partial charge on any atom is 0.417 e. The van der Waals surface area contributed by atoms with Crippen molar-refractivity contribution in [2.45, 2.75) is 0 Å². The van der Waals surface area contributed by atoms with E-state index in [1.165, 1.54) is 62.8 Å². The van der Waals surface area contributed by atoms with Crippen molar-refractivity contribution in [3.05, 3.63) is 129 Å². The average molecular weight is 612 g/mol. The predicted molar refractivity (Wildman–Crippen MR) is 164 cm³/mol. The van der Waals surface area contributed by atoms with Gasteiger partial charge in [0.15, 0.2) is 11.5 Å². The van der Waals surface area contributed by atoms with E-state index in [0.717, 1.165) is 0 Å². The number of aromatic nitrogens is 3. The number of aromatic amines is 1. The summed E-state index contributed by atoms with van der Waals surface area (Å²) in [5.74, 6) is 0.395. The van der Waals surface area contributed by atoms with E-state index < -0.39 is 29.3 Å². The quantitative estimate of drug-likeness (QED) is 0.235. The van der Waals surface area contributed by atoms with Gasteiger partial charge in [0.2, 0.25) is 0 Å². The van der Waals surface area contributed by atoms with Gasteiger partial charge in [0.25, 0.3) is 0 Å². The molecule has 0 saturated carbocycles. The van der Waals surface area contributed by atoms with Crippen LogP contribution in [-0.4, -0.2) is 40.5 Å². The fraction of sp³-hybridized carbons (Fsp3) is 0.0645. The van der Waals surface area contributed by atoms with Crippen LogP contribution in [0.3, 0.4) is 0 Å². The Morgan fingerprint density at radius 1 is 0.556 bits per heavy atom. The molecule has 14 heteroatoms. The van der Waals surface area contributed by atoms with E-state index >= 15 is 0 Å². The molecule has 5 aromatic rings. The Morgan fingerprint density at radius 3 is 1.31 bits per heavy atom. The van der Waals surface area contributed by atoms with Gasteiger partial charge in [0.1, 0.15) is 11.5 Å². The first kappa shape index (κ1) is 29.9. The summed E-state index contributed by atoms with van der Waals surface area (Å²) in [5.41, 5.74) is -3.01. The summed E-state index contributed by atoms with van der Waals surface area (Å²) >= 11 is 0. The largest absolute Gasteiger partial charge is 0.495 e. The summed E-state index contributed by atoms with van der Waals surface area (Å²) in [6.07, 6.45) is -1.88. The van der Waals surface area contributed by atoms with Gasteiger partial charge in [-0.3, -0.25) is 15.6 Å². The van der Waals surface area contributed by atoms with Gasteiger partial charge in [0, 0.05) is 0 Å². The van der Waals surface area contributed by atoms with Crippen LogP contribution < -0.4 is 46.7 Å². The van der Waals surface area contributed by atoms with Crippen LogP contribution in [0.5, 0.6) is 23.0 Å². The summed E-state index contributed by atoms with van der Waals surface area (Å²) < 4.78 is 22.6. The molecule has 0 fully saturated rings. The van der Waals surface area contributed by atoms with Crippen molar-refractivity contribution in [2.75, 3.05) is 24.9 Å². The molecular weight excluding hydrogens is 586 g/mol. The van der Waals surface area contributed by atoms with Crippen LogP contribution in [0.4, 0.5) is 21.0 Å². The summed E-state index contributed by atoms with van der Waals surface area (Å²) in [5, 5.41) is 5.07. The van der Waals surface area contributed by atoms with Gasteiger partial charge in [-0.2, -0.15) is 0 Å². The van der Waals surface area contributed by atoms with Gasteiger partial charge in [-0.15, -0.1) is 0 Å². The molecular formula is C31H25N5O9. The highest BCUT2D eigenvalue weighted by molar-refractivity contribution is 5.89. The SMILES string of the molecule is COc1ccccc1NC(=O)Oc1ccccc1-n1c(=O)[nH]c(=O)n(-c2ccccc2OC(=O)Nc2ccccc2OC)c1=O. The van der Waals surface area contributed by atoms with Crippen LogP contribution in [0, 0.1) is 0 Å². The number of H-pyrrole nitrogens is 1. The second-order valence-corrected chi connectivity index (χ2v) is 9.05. The second-order valence-electron chi connectivity index (χ2n) is 9.05. The maximum atomic E-state index is 13.8. The van der Waals surface area contributed by atoms with Crippen molar-refractivity contribution >= 4 is 23.6 Å². The molecule has 0 bridgehead atoms. The van der Waals surface area contributed by atoms with Gasteiger partial charge >= 0.3 is 29.3 Å². The molecule has 0 saturated heterocycles. The number of ether oxygens (including phenoxy) is 4. The van der Waals surface area contributed by atoms with Crippen LogP contribution in [0.15, 0.2) is 111 Å². The maximum absolute atomic E-state index is 13.8. The fourth-order valence-corrected chi connectivity index (χ4v) is 4.32. The molecule has 4 aromatic carbocycles. The lowest BCUT2D eigenvalue weighted by molar-refractivity contribution is 0.214. The van der Waals surface area contributed by atoms with Crippen molar-refractivity contribution in [1.29, 1.82) is 0 Å². The molecule has 14 nitrogen and oxygen atoms in total. The van der Waals surface area contributed by atoms with Crippen molar-refractivity contribution < 1.29 is 28.5 Å². The Kier molecular flexibility index (Phi) is 8.75. The first-order valence-corrected chi connectivity index (χ1v) is 13.2. The Morgan fingerprint density at radius 2 is 0.911 bits per heavy atom. The molecule has 0 atom stereocenters. The molecule has 0 spiro atoms. The number of hydrogen-bond donors (Lipinski definition) is 3. The van der Waals surface area contributed by atoms with Crippen LogP contribution in [0.2, 0.25) is 0 Å². The van der Waals surface area contributed by atoms with Crippen LogP contribution in [0.25, 0.3) is 11.4 Å². The molecule has 1 heterocycles. The third kappa shape index (κ3) is 6.44. The summed E-state index contributed by atoms with van der Waals surface area (Å²) in [4.78, 5) is 67.4. The number of carbonyl (C=O) groups is 2. The molecule has 0 unspecified atom stereocenters. The lowest BCUT2D eigenvalue weighted by Crippen LogP contribution is -2.48. The molecule has 5 rings (SSSR count). The van der Waals surface area contributed by atoms with Gasteiger partial charge in [-0.1, -0.05) is 48.5 Å². The Balaban J connectivity index is 1.50. The highest BCUT2D eigenvalue weighted by Crippen LogP contribution is 2.27.